The molecule has 2 fully saturated rings. The molecule has 88 valence electrons. The molecule has 0 aromatic rings. The molecule has 2 rings (SSSR count). The minimum atomic E-state index is 0.552. The van der Waals surface area contributed by atoms with Gasteiger partial charge >= 0.3 is 0 Å². The zero-order chi connectivity index (χ0) is 11.1. The third-order valence-electron chi connectivity index (χ3n) is 4.37. The van der Waals surface area contributed by atoms with Crippen LogP contribution >= 0.6 is 0 Å². The molecule has 0 aromatic carbocycles. The lowest BCUT2D eigenvalue weighted by atomic mass is 9.73. The second-order valence-electron chi connectivity index (χ2n) is 5.93. The largest absolute Gasteiger partial charge is 0.298 e. The van der Waals surface area contributed by atoms with Gasteiger partial charge < -0.3 is 0 Å². The highest BCUT2D eigenvalue weighted by Crippen LogP contribution is 2.41. The van der Waals surface area contributed by atoms with Gasteiger partial charge in [-0.3, -0.25) is 9.80 Å². The molecule has 1 aliphatic heterocycles. The fourth-order valence-corrected chi connectivity index (χ4v) is 3.30. The molecule has 1 aliphatic carbocycles. The maximum atomic E-state index is 2.76. The fourth-order valence-electron chi connectivity index (χ4n) is 3.30. The van der Waals surface area contributed by atoms with E-state index < -0.39 is 0 Å². The van der Waals surface area contributed by atoms with Gasteiger partial charge in [-0.05, 0) is 47.0 Å². The van der Waals surface area contributed by atoms with Gasteiger partial charge in [-0.25, -0.2) is 0 Å². The lowest BCUT2D eigenvalue weighted by molar-refractivity contribution is -0.0774. The molecule has 2 aliphatic rings. The Labute approximate surface area is 94.6 Å². The Balaban J connectivity index is 2.07. The predicted octanol–water partition coefficient (Wildman–Crippen LogP) is 2.34. The van der Waals surface area contributed by atoms with E-state index in [1.807, 2.05) is 0 Å². The van der Waals surface area contributed by atoms with Gasteiger partial charge in [0.05, 0.1) is 0 Å². The van der Waals surface area contributed by atoms with E-state index in [1.165, 1.54) is 38.9 Å². The molecule has 2 nitrogen and oxygen atoms in total. The number of hydrogen-bond donors (Lipinski definition) is 0. The lowest BCUT2D eigenvalue weighted by Crippen LogP contribution is -2.67. The monoisotopic (exact) mass is 210 g/mol. The number of rotatable bonds is 2. The van der Waals surface area contributed by atoms with Crippen molar-refractivity contribution in [3.63, 3.8) is 0 Å². The highest BCUT2D eigenvalue weighted by Gasteiger charge is 2.47. The standard InChI is InChI=1S/C13H26N2/c1-11(2)14-8-9-15(12(3)4)13(10-14)6-5-7-13/h11-12H,5-10H2,1-4H3. The average molecular weight is 210 g/mol. The summed E-state index contributed by atoms with van der Waals surface area (Å²) >= 11 is 0. The van der Waals surface area contributed by atoms with Crippen LogP contribution in [-0.4, -0.2) is 47.1 Å². The number of piperazine rings is 1. The quantitative estimate of drug-likeness (QED) is 0.690. The average Bonchev–Trinajstić information content (AvgIpc) is 2.14. The first-order valence-corrected chi connectivity index (χ1v) is 6.56. The molecule has 0 aromatic heterocycles. The summed E-state index contributed by atoms with van der Waals surface area (Å²) < 4.78 is 0. The van der Waals surface area contributed by atoms with Gasteiger partial charge in [0, 0.05) is 37.3 Å². The van der Waals surface area contributed by atoms with Crippen molar-refractivity contribution in [3.05, 3.63) is 0 Å². The molecule has 0 amide bonds. The second-order valence-corrected chi connectivity index (χ2v) is 5.93. The van der Waals surface area contributed by atoms with Crippen LogP contribution < -0.4 is 0 Å². The molecule has 2 heteroatoms. The van der Waals surface area contributed by atoms with Crippen LogP contribution in [0.3, 0.4) is 0 Å². The van der Waals surface area contributed by atoms with Crippen molar-refractivity contribution < 1.29 is 0 Å². The minimum Gasteiger partial charge on any atom is -0.298 e. The van der Waals surface area contributed by atoms with Crippen molar-refractivity contribution in [1.82, 2.24) is 9.80 Å². The highest BCUT2D eigenvalue weighted by atomic mass is 15.3. The SMILES string of the molecule is CC(C)N1CCN(C(C)C)C2(CCC2)C1. The summed E-state index contributed by atoms with van der Waals surface area (Å²) in [5.41, 5.74) is 0.552. The summed E-state index contributed by atoms with van der Waals surface area (Å²) in [5, 5.41) is 0. The Morgan fingerprint density at radius 1 is 0.933 bits per heavy atom. The Morgan fingerprint density at radius 3 is 2.00 bits per heavy atom. The van der Waals surface area contributed by atoms with E-state index in [0.717, 1.165) is 12.1 Å². The molecule has 1 heterocycles. The third-order valence-corrected chi connectivity index (χ3v) is 4.37. The molecule has 1 spiro atoms. The van der Waals surface area contributed by atoms with Crippen molar-refractivity contribution in [1.29, 1.82) is 0 Å². The normalized spacial score (nSPS) is 27.6. The smallest absolute Gasteiger partial charge is 0.0339 e. The highest BCUT2D eigenvalue weighted by molar-refractivity contribution is 5.04. The number of hydrogen-bond acceptors (Lipinski definition) is 2. The molecule has 0 N–H and O–H groups in total. The first kappa shape index (κ1) is 11.4. The lowest BCUT2D eigenvalue weighted by Gasteiger charge is -2.58. The van der Waals surface area contributed by atoms with Crippen LogP contribution in [0.2, 0.25) is 0 Å². The Hall–Kier alpha value is -0.0800. The molecule has 0 atom stereocenters. The van der Waals surface area contributed by atoms with Crippen molar-refractivity contribution in [3.8, 4) is 0 Å². The summed E-state index contributed by atoms with van der Waals surface area (Å²) in [6, 6.07) is 1.44. The van der Waals surface area contributed by atoms with Crippen LogP contribution in [0.4, 0.5) is 0 Å². The maximum absolute atomic E-state index is 2.76. The first-order chi connectivity index (χ1) is 7.05. The van der Waals surface area contributed by atoms with Crippen molar-refractivity contribution in [2.75, 3.05) is 19.6 Å². The Kier molecular flexibility index (Phi) is 3.09. The van der Waals surface area contributed by atoms with Crippen LogP contribution in [0.1, 0.15) is 47.0 Å². The molecule has 0 bridgehead atoms. The van der Waals surface area contributed by atoms with Crippen molar-refractivity contribution in [2.24, 2.45) is 0 Å². The van der Waals surface area contributed by atoms with Gasteiger partial charge in [0.1, 0.15) is 0 Å². The van der Waals surface area contributed by atoms with E-state index >= 15 is 0 Å². The van der Waals surface area contributed by atoms with E-state index in [1.54, 1.807) is 0 Å². The van der Waals surface area contributed by atoms with E-state index in [4.69, 9.17) is 0 Å². The summed E-state index contributed by atoms with van der Waals surface area (Å²) in [6.07, 6.45) is 4.29. The van der Waals surface area contributed by atoms with E-state index in [9.17, 15) is 0 Å². The minimum absolute atomic E-state index is 0.552. The summed E-state index contributed by atoms with van der Waals surface area (Å²) in [5.74, 6) is 0. The fraction of sp³-hybridized carbons (Fsp3) is 1.00. The van der Waals surface area contributed by atoms with Crippen LogP contribution in [0, 0.1) is 0 Å². The van der Waals surface area contributed by atoms with Crippen molar-refractivity contribution >= 4 is 0 Å². The van der Waals surface area contributed by atoms with Gasteiger partial charge in [-0.2, -0.15) is 0 Å². The van der Waals surface area contributed by atoms with Gasteiger partial charge in [-0.1, -0.05) is 0 Å². The Morgan fingerprint density at radius 2 is 1.60 bits per heavy atom. The maximum Gasteiger partial charge on any atom is 0.0339 e. The summed E-state index contributed by atoms with van der Waals surface area (Å²) in [4.78, 5) is 5.42. The van der Waals surface area contributed by atoms with E-state index in [0.29, 0.717) is 5.54 Å². The predicted molar refractivity (Wildman–Crippen MR) is 65.1 cm³/mol. The number of nitrogens with zero attached hydrogens (tertiary/aromatic N) is 2. The van der Waals surface area contributed by atoms with Crippen LogP contribution in [0.5, 0.6) is 0 Å². The van der Waals surface area contributed by atoms with Gasteiger partial charge in [-0.15, -0.1) is 0 Å². The molecule has 1 saturated heterocycles. The zero-order valence-electron chi connectivity index (χ0n) is 10.8. The van der Waals surface area contributed by atoms with Crippen LogP contribution in [0.25, 0.3) is 0 Å². The third kappa shape index (κ3) is 1.94. The molecule has 15 heavy (non-hydrogen) atoms. The summed E-state index contributed by atoms with van der Waals surface area (Å²) in [7, 11) is 0. The first-order valence-electron chi connectivity index (χ1n) is 6.56. The summed E-state index contributed by atoms with van der Waals surface area (Å²) in [6.45, 7) is 13.2. The molecular weight excluding hydrogens is 184 g/mol. The van der Waals surface area contributed by atoms with Gasteiger partial charge in [0.25, 0.3) is 0 Å². The van der Waals surface area contributed by atoms with E-state index in [-0.39, 0.29) is 0 Å². The van der Waals surface area contributed by atoms with Gasteiger partial charge in [0.15, 0.2) is 0 Å². The zero-order valence-corrected chi connectivity index (χ0v) is 10.8. The second kappa shape index (κ2) is 4.06. The molecular formula is C13H26N2. The van der Waals surface area contributed by atoms with E-state index in [2.05, 4.69) is 37.5 Å². The van der Waals surface area contributed by atoms with Crippen LogP contribution in [-0.2, 0) is 0 Å². The van der Waals surface area contributed by atoms with Crippen LogP contribution in [0.15, 0.2) is 0 Å². The van der Waals surface area contributed by atoms with Gasteiger partial charge in [0.2, 0.25) is 0 Å². The Bertz CT molecular complexity index is 219. The molecule has 1 saturated carbocycles. The topological polar surface area (TPSA) is 6.48 Å². The molecule has 0 unspecified atom stereocenters. The molecule has 0 radical (unpaired) electrons. The van der Waals surface area contributed by atoms with Crippen molar-refractivity contribution in [2.45, 2.75) is 64.6 Å².